The molecular weight excluding hydrogens is 280 g/mol. The van der Waals surface area contributed by atoms with Crippen molar-refractivity contribution >= 4 is 10.2 Å². The van der Waals surface area contributed by atoms with Crippen LogP contribution in [0.25, 0.3) is 0 Å². The number of hydrogen-bond acceptors (Lipinski definition) is 5. The molecule has 0 spiro atoms. The number of hydrogen-bond donors (Lipinski definition) is 2. The minimum atomic E-state index is -3.37. The van der Waals surface area contributed by atoms with Gasteiger partial charge in [-0.3, -0.25) is 4.68 Å². The van der Waals surface area contributed by atoms with Crippen LogP contribution < -0.4 is 10.0 Å². The van der Waals surface area contributed by atoms with E-state index in [0.717, 1.165) is 19.4 Å². The molecule has 0 atom stereocenters. The fraction of sp³-hybridized carbons (Fsp3) is 0.818. The highest BCUT2D eigenvalue weighted by Gasteiger charge is 2.27. The summed E-state index contributed by atoms with van der Waals surface area (Å²) in [7, 11) is -1.45. The summed E-state index contributed by atoms with van der Waals surface area (Å²) in [6, 6.07) is 0. The van der Waals surface area contributed by atoms with Crippen molar-refractivity contribution in [2.24, 2.45) is 5.92 Å². The van der Waals surface area contributed by atoms with Gasteiger partial charge in [-0.15, -0.1) is 5.10 Å². The van der Waals surface area contributed by atoms with E-state index >= 15 is 0 Å². The number of nitrogens with zero attached hydrogens (tertiary/aromatic N) is 4. The molecule has 0 aromatic carbocycles. The number of rotatable bonds is 7. The lowest BCUT2D eigenvalue weighted by molar-refractivity contribution is 0.268. The van der Waals surface area contributed by atoms with E-state index in [-0.39, 0.29) is 0 Å². The van der Waals surface area contributed by atoms with Crippen LogP contribution in [0.3, 0.4) is 0 Å². The molecule has 0 unspecified atom stereocenters. The zero-order valence-electron chi connectivity index (χ0n) is 11.7. The lowest BCUT2D eigenvalue weighted by Gasteiger charge is -2.31. The first-order valence-corrected chi connectivity index (χ1v) is 8.29. The van der Waals surface area contributed by atoms with Gasteiger partial charge in [0.05, 0.1) is 12.7 Å². The largest absolute Gasteiger partial charge is 0.319 e. The zero-order valence-corrected chi connectivity index (χ0v) is 12.5. The van der Waals surface area contributed by atoms with E-state index in [1.54, 1.807) is 17.1 Å². The Morgan fingerprint density at radius 2 is 2.10 bits per heavy atom. The summed E-state index contributed by atoms with van der Waals surface area (Å²) >= 11 is 0. The van der Waals surface area contributed by atoms with Crippen molar-refractivity contribution in [3.63, 3.8) is 0 Å². The predicted octanol–water partition coefficient (Wildman–Crippen LogP) is -0.956. The molecule has 8 nitrogen and oxygen atoms in total. The summed E-state index contributed by atoms with van der Waals surface area (Å²) < 4.78 is 30.0. The monoisotopic (exact) mass is 302 g/mol. The average molecular weight is 302 g/mol. The highest BCUT2D eigenvalue weighted by atomic mass is 32.2. The normalized spacial score (nSPS) is 18.4. The SMILES string of the molecule is CNCC1CCN(S(=O)(=O)NCCn2ccnn2)CC1. The van der Waals surface area contributed by atoms with E-state index < -0.39 is 10.2 Å². The molecule has 1 aliphatic rings. The quantitative estimate of drug-likeness (QED) is 0.677. The van der Waals surface area contributed by atoms with E-state index in [2.05, 4.69) is 20.4 Å². The minimum absolute atomic E-state index is 0.322. The molecule has 0 amide bonds. The highest BCUT2D eigenvalue weighted by molar-refractivity contribution is 7.87. The third-order valence-corrected chi connectivity index (χ3v) is 5.12. The summed E-state index contributed by atoms with van der Waals surface area (Å²) in [5.41, 5.74) is 0. The van der Waals surface area contributed by atoms with Gasteiger partial charge in [-0.25, -0.2) is 4.72 Å². The van der Waals surface area contributed by atoms with Gasteiger partial charge in [0.1, 0.15) is 0 Å². The van der Waals surface area contributed by atoms with Crippen LogP contribution in [-0.4, -0.2) is 60.9 Å². The van der Waals surface area contributed by atoms with Crippen LogP contribution in [0.2, 0.25) is 0 Å². The average Bonchev–Trinajstić information content (AvgIpc) is 2.93. The van der Waals surface area contributed by atoms with E-state index in [9.17, 15) is 8.42 Å². The Balaban J connectivity index is 1.76. The van der Waals surface area contributed by atoms with Crippen LogP contribution >= 0.6 is 0 Å². The van der Waals surface area contributed by atoms with Crippen LogP contribution in [0, 0.1) is 5.92 Å². The molecular formula is C11H22N6O2S. The van der Waals surface area contributed by atoms with E-state index in [0.29, 0.717) is 32.1 Å². The van der Waals surface area contributed by atoms with Gasteiger partial charge in [0.2, 0.25) is 0 Å². The Labute approximate surface area is 119 Å². The van der Waals surface area contributed by atoms with Gasteiger partial charge in [-0.2, -0.15) is 12.7 Å². The van der Waals surface area contributed by atoms with Gasteiger partial charge in [0.25, 0.3) is 10.2 Å². The van der Waals surface area contributed by atoms with E-state index in [1.165, 1.54) is 4.31 Å². The van der Waals surface area contributed by atoms with Crippen molar-refractivity contribution in [2.45, 2.75) is 19.4 Å². The maximum Gasteiger partial charge on any atom is 0.279 e. The summed E-state index contributed by atoms with van der Waals surface area (Å²) in [5.74, 6) is 0.571. The molecule has 0 bridgehead atoms. The lowest BCUT2D eigenvalue weighted by atomic mass is 9.98. The molecule has 2 N–H and O–H groups in total. The van der Waals surface area contributed by atoms with E-state index in [4.69, 9.17) is 0 Å². The highest BCUT2D eigenvalue weighted by Crippen LogP contribution is 2.18. The fourth-order valence-electron chi connectivity index (χ4n) is 2.37. The third kappa shape index (κ3) is 4.23. The van der Waals surface area contributed by atoms with Gasteiger partial charge in [0.15, 0.2) is 0 Å². The van der Waals surface area contributed by atoms with Gasteiger partial charge in [-0.05, 0) is 32.4 Å². The Kier molecular flexibility index (Phi) is 5.46. The minimum Gasteiger partial charge on any atom is -0.319 e. The number of piperidine rings is 1. The second-order valence-electron chi connectivity index (χ2n) is 4.97. The molecule has 1 saturated heterocycles. The van der Waals surface area contributed by atoms with Crippen molar-refractivity contribution in [3.8, 4) is 0 Å². The molecule has 1 aromatic rings. The van der Waals surface area contributed by atoms with Crippen LogP contribution in [0.4, 0.5) is 0 Å². The Hall–Kier alpha value is -1.03. The van der Waals surface area contributed by atoms with Crippen molar-refractivity contribution < 1.29 is 8.42 Å². The van der Waals surface area contributed by atoms with Gasteiger partial charge < -0.3 is 5.32 Å². The smallest absolute Gasteiger partial charge is 0.279 e. The van der Waals surface area contributed by atoms with Crippen molar-refractivity contribution in [1.82, 2.24) is 29.3 Å². The van der Waals surface area contributed by atoms with E-state index in [1.807, 2.05) is 7.05 Å². The Morgan fingerprint density at radius 3 is 2.70 bits per heavy atom. The Bertz CT molecular complexity index is 481. The topological polar surface area (TPSA) is 92.2 Å². The number of nitrogens with one attached hydrogen (secondary N) is 2. The maximum absolute atomic E-state index is 12.1. The summed E-state index contributed by atoms with van der Waals surface area (Å²) in [6.45, 7) is 2.93. The molecule has 20 heavy (non-hydrogen) atoms. The Morgan fingerprint density at radius 1 is 1.35 bits per heavy atom. The zero-order chi connectivity index (χ0) is 14.4. The second kappa shape index (κ2) is 7.11. The summed E-state index contributed by atoms with van der Waals surface area (Å²) in [6.07, 6.45) is 5.09. The molecule has 9 heteroatoms. The molecule has 0 aliphatic carbocycles. The van der Waals surface area contributed by atoms with Crippen LogP contribution in [0.5, 0.6) is 0 Å². The van der Waals surface area contributed by atoms with Gasteiger partial charge in [0, 0.05) is 25.8 Å². The fourth-order valence-corrected chi connectivity index (χ4v) is 3.60. The first-order chi connectivity index (χ1) is 9.62. The summed E-state index contributed by atoms with van der Waals surface area (Å²) in [4.78, 5) is 0. The van der Waals surface area contributed by atoms with Crippen molar-refractivity contribution in [3.05, 3.63) is 12.4 Å². The first kappa shape index (κ1) is 15.4. The lowest BCUT2D eigenvalue weighted by Crippen LogP contribution is -2.46. The molecule has 1 aliphatic heterocycles. The standard InChI is InChI=1S/C11H22N6O2S/c1-12-10-11-2-6-17(7-3-11)20(18,19)14-5-9-16-8-4-13-15-16/h4,8,11-12,14H,2-3,5-7,9-10H2,1H3. The molecule has 1 fully saturated rings. The second-order valence-corrected chi connectivity index (χ2v) is 6.72. The maximum atomic E-state index is 12.1. The van der Waals surface area contributed by atoms with Crippen molar-refractivity contribution in [2.75, 3.05) is 33.2 Å². The van der Waals surface area contributed by atoms with Crippen LogP contribution in [0.15, 0.2) is 12.4 Å². The van der Waals surface area contributed by atoms with Gasteiger partial charge in [-0.1, -0.05) is 5.21 Å². The van der Waals surface area contributed by atoms with Crippen LogP contribution in [0.1, 0.15) is 12.8 Å². The predicted molar refractivity (Wildman–Crippen MR) is 75.2 cm³/mol. The molecule has 1 aromatic heterocycles. The third-order valence-electron chi connectivity index (χ3n) is 3.50. The molecule has 2 heterocycles. The summed E-state index contributed by atoms with van der Waals surface area (Å²) in [5, 5.41) is 10.6. The molecule has 2 rings (SSSR count). The molecule has 0 saturated carbocycles. The first-order valence-electron chi connectivity index (χ1n) is 6.85. The van der Waals surface area contributed by atoms with Gasteiger partial charge >= 0.3 is 0 Å². The number of aromatic nitrogens is 3. The molecule has 0 radical (unpaired) electrons. The van der Waals surface area contributed by atoms with Crippen molar-refractivity contribution in [1.29, 1.82) is 0 Å². The molecule has 114 valence electrons. The van der Waals surface area contributed by atoms with Crippen LogP contribution in [-0.2, 0) is 16.8 Å².